The van der Waals surface area contributed by atoms with E-state index in [1.165, 1.54) is 11.3 Å². The van der Waals surface area contributed by atoms with Crippen molar-refractivity contribution in [1.29, 1.82) is 5.26 Å². The van der Waals surface area contributed by atoms with Crippen molar-refractivity contribution < 1.29 is 21.9 Å². The number of nitrogens with two attached hydrogens (primary N) is 1. The van der Waals surface area contributed by atoms with E-state index in [9.17, 15) is 22.5 Å². The third kappa shape index (κ3) is 5.91. The number of hydrogen-bond acceptors (Lipinski definition) is 9. The zero-order valence-corrected chi connectivity index (χ0v) is 23.2. The Morgan fingerprint density at radius 2 is 1.77 bits per heavy atom. The van der Waals surface area contributed by atoms with Crippen LogP contribution in [0.15, 0.2) is 35.7 Å². The Hall–Kier alpha value is -4.06. The molecular formula is C26H25F2N7O3S2. The van der Waals surface area contributed by atoms with Gasteiger partial charge in [0.05, 0.1) is 22.7 Å². The molecule has 1 aliphatic rings. The molecule has 4 N–H and O–H groups in total. The summed E-state index contributed by atoms with van der Waals surface area (Å²) < 4.78 is 60.0. The summed E-state index contributed by atoms with van der Waals surface area (Å²) in [6, 6.07) is 9.29. The Kier molecular flexibility index (Phi) is 7.45. The molecule has 1 aliphatic heterocycles. The molecule has 1 fully saturated rings. The van der Waals surface area contributed by atoms with Crippen LogP contribution in [0.5, 0.6) is 11.6 Å². The Bertz CT molecular complexity index is 1700. The van der Waals surface area contributed by atoms with Crippen LogP contribution < -0.4 is 24.8 Å². The number of benzene rings is 2. The number of fused-ring (bicyclic) bond motifs is 1. The highest BCUT2D eigenvalue weighted by molar-refractivity contribution is 7.90. The van der Waals surface area contributed by atoms with Crippen molar-refractivity contribution in [1.82, 2.24) is 9.97 Å². The molecule has 0 unspecified atom stereocenters. The minimum atomic E-state index is -4.16. The van der Waals surface area contributed by atoms with Crippen molar-refractivity contribution >= 4 is 49.1 Å². The van der Waals surface area contributed by atoms with Crippen molar-refractivity contribution in [3.05, 3.63) is 64.0 Å². The van der Waals surface area contributed by atoms with Crippen LogP contribution in [0.2, 0.25) is 0 Å². The molecule has 4 aromatic rings. The fourth-order valence-corrected chi connectivity index (χ4v) is 5.96. The molecule has 40 heavy (non-hydrogen) atoms. The third-order valence-corrected chi connectivity index (χ3v) is 7.83. The van der Waals surface area contributed by atoms with Gasteiger partial charge in [0, 0.05) is 31.3 Å². The molecule has 0 amide bonds. The number of piperidine rings is 1. The van der Waals surface area contributed by atoms with Crippen LogP contribution in [0.25, 0.3) is 10.2 Å². The number of nitriles is 1. The van der Waals surface area contributed by atoms with Crippen LogP contribution in [-0.4, -0.2) is 37.5 Å². The van der Waals surface area contributed by atoms with Crippen LogP contribution in [-0.2, 0) is 10.2 Å². The van der Waals surface area contributed by atoms with Gasteiger partial charge in [-0.1, -0.05) is 0 Å². The first-order chi connectivity index (χ1) is 19.0. The highest BCUT2D eigenvalue weighted by Crippen LogP contribution is 2.36. The Morgan fingerprint density at radius 3 is 2.38 bits per heavy atom. The normalized spacial score (nSPS) is 14.2. The van der Waals surface area contributed by atoms with E-state index < -0.39 is 21.8 Å². The number of ether oxygens (including phenoxy) is 1. The molecule has 14 heteroatoms. The molecule has 1 saturated heterocycles. The van der Waals surface area contributed by atoms with E-state index in [4.69, 9.17) is 9.88 Å². The van der Waals surface area contributed by atoms with E-state index in [1.54, 1.807) is 17.0 Å². The van der Waals surface area contributed by atoms with Crippen molar-refractivity contribution in [2.24, 2.45) is 5.14 Å². The molecule has 2 aromatic carbocycles. The van der Waals surface area contributed by atoms with Gasteiger partial charge < -0.3 is 15.0 Å². The van der Waals surface area contributed by atoms with Crippen molar-refractivity contribution in [3.63, 3.8) is 0 Å². The molecule has 5 rings (SSSR count). The summed E-state index contributed by atoms with van der Waals surface area (Å²) >= 11 is 1.45. The maximum Gasteiger partial charge on any atom is 0.296 e. The highest BCUT2D eigenvalue weighted by atomic mass is 32.2. The average Bonchev–Trinajstić information content (AvgIpc) is 3.34. The molecule has 0 radical (unpaired) electrons. The second kappa shape index (κ2) is 10.8. The Morgan fingerprint density at radius 1 is 1.12 bits per heavy atom. The Labute approximate surface area is 233 Å². The van der Waals surface area contributed by atoms with Gasteiger partial charge >= 0.3 is 0 Å². The number of nitrogens with one attached hydrogen (secondary N) is 2. The van der Waals surface area contributed by atoms with E-state index >= 15 is 0 Å². The number of nitrogens with zero attached hydrogens (tertiary/aromatic N) is 4. The lowest BCUT2D eigenvalue weighted by Gasteiger charge is -2.34. The maximum atomic E-state index is 14.7. The minimum Gasteiger partial charge on any atom is -0.438 e. The van der Waals surface area contributed by atoms with Gasteiger partial charge in [0.2, 0.25) is 11.8 Å². The molecular weight excluding hydrogens is 560 g/mol. The van der Waals surface area contributed by atoms with Crippen LogP contribution in [0.3, 0.4) is 0 Å². The van der Waals surface area contributed by atoms with E-state index in [0.29, 0.717) is 49.1 Å². The van der Waals surface area contributed by atoms with Crippen LogP contribution in [0, 0.1) is 36.8 Å². The van der Waals surface area contributed by atoms with E-state index in [2.05, 4.69) is 21.4 Å². The number of thiophene rings is 1. The minimum absolute atomic E-state index is 0.0608. The molecule has 208 valence electrons. The monoisotopic (exact) mass is 585 g/mol. The topological polar surface area (TPSA) is 146 Å². The zero-order valence-electron chi connectivity index (χ0n) is 21.5. The highest BCUT2D eigenvalue weighted by Gasteiger charge is 2.26. The Balaban J connectivity index is 1.31. The van der Waals surface area contributed by atoms with E-state index in [0.717, 1.165) is 33.5 Å². The predicted octanol–water partition coefficient (Wildman–Crippen LogP) is 4.95. The number of hydrogen-bond donors (Lipinski definition) is 3. The molecule has 0 spiro atoms. The van der Waals surface area contributed by atoms with Gasteiger partial charge in [0.15, 0.2) is 11.6 Å². The number of rotatable bonds is 7. The molecule has 0 atom stereocenters. The lowest BCUT2D eigenvalue weighted by atomic mass is 10.0. The quantitative estimate of drug-likeness (QED) is 0.276. The van der Waals surface area contributed by atoms with Gasteiger partial charge in [-0.2, -0.15) is 18.7 Å². The summed E-state index contributed by atoms with van der Waals surface area (Å²) in [7, 11) is -4.16. The molecule has 0 saturated carbocycles. The number of anilines is 3. The predicted molar refractivity (Wildman–Crippen MR) is 150 cm³/mol. The SMILES string of the molecule is Cc1cc(C#N)cc(C)c1Oc1nc(NC2CCN(c3c(F)cc(NS(N)(=O)=O)cc3F)CC2)nc2sccc12. The fraction of sp³-hybridized carbons (Fsp3) is 0.269. The van der Waals surface area contributed by atoms with Gasteiger partial charge in [-0.25, -0.2) is 18.9 Å². The van der Waals surface area contributed by atoms with Crippen molar-refractivity contribution in [2.75, 3.05) is 28.0 Å². The fourth-order valence-electron chi connectivity index (χ4n) is 4.76. The first-order valence-corrected chi connectivity index (χ1v) is 14.7. The summed E-state index contributed by atoms with van der Waals surface area (Å²) in [6.45, 7) is 4.44. The molecule has 2 aromatic heterocycles. The van der Waals surface area contributed by atoms with Gasteiger partial charge in [0.25, 0.3) is 10.2 Å². The second-order valence-corrected chi connectivity index (χ2v) is 11.7. The van der Waals surface area contributed by atoms with Gasteiger partial charge in [-0.3, -0.25) is 4.72 Å². The molecule has 0 bridgehead atoms. The van der Waals surface area contributed by atoms with Crippen LogP contribution >= 0.6 is 11.3 Å². The summed E-state index contributed by atoms with van der Waals surface area (Å²) in [4.78, 5) is 11.6. The largest absolute Gasteiger partial charge is 0.438 e. The van der Waals surface area contributed by atoms with Crippen molar-refractivity contribution in [3.8, 4) is 17.7 Å². The summed E-state index contributed by atoms with van der Waals surface area (Å²) in [5.41, 5.74) is 1.67. The average molecular weight is 586 g/mol. The standard InChI is InChI=1S/C26H25F2N7O3S2/c1-14-9-16(13-29)10-15(2)23(14)38-24-19-5-8-39-25(19)33-26(32-24)31-17-3-6-35(7-4-17)22-20(27)11-18(12-21(22)28)34-40(30,36)37/h5,8-12,17,34H,3-4,6-7H2,1-2H3,(H2,30,36,37)(H,31,32,33). The van der Waals surface area contributed by atoms with Gasteiger partial charge in [-0.05, 0) is 61.4 Å². The number of halogens is 2. The first kappa shape index (κ1) is 27.5. The van der Waals surface area contributed by atoms with E-state index in [-0.39, 0.29) is 17.4 Å². The summed E-state index contributed by atoms with van der Waals surface area (Å²) in [5, 5.41) is 20.1. The number of aromatic nitrogens is 2. The maximum absolute atomic E-state index is 14.7. The smallest absolute Gasteiger partial charge is 0.296 e. The van der Waals surface area contributed by atoms with Gasteiger partial charge in [0.1, 0.15) is 16.3 Å². The number of aryl methyl sites for hydroxylation is 2. The third-order valence-electron chi connectivity index (χ3n) is 6.50. The molecule has 0 aliphatic carbocycles. The van der Waals surface area contributed by atoms with Crippen molar-refractivity contribution in [2.45, 2.75) is 32.7 Å². The van der Waals surface area contributed by atoms with Crippen LogP contribution in [0.1, 0.15) is 29.5 Å². The molecule has 3 heterocycles. The summed E-state index contributed by atoms with van der Waals surface area (Å²) in [5.74, 6) is -0.389. The van der Waals surface area contributed by atoms with Crippen LogP contribution in [0.4, 0.5) is 26.1 Å². The lowest BCUT2D eigenvalue weighted by Crippen LogP contribution is -2.40. The lowest BCUT2D eigenvalue weighted by molar-refractivity contribution is 0.460. The van der Waals surface area contributed by atoms with Gasteiger partial charge in [-0.15, -0.1) is 11.3 Å². The summed E-state index contributed by atoms with van der Waals surface area (Å²) in [6.07, 6.45) is 1.10. The van der Waals surface area contributed by atoms with E-state index in [1.807, 2.05) is 30.0 Å². The first-order valence-electron chi connectivity index (χ1n) is 12.3. The zero-order chi connectivity index (χ0) is 28.6. The second-order valence-electron chi connectivity index (χ2n) is 9.49. The molecule has 10 nitrogen and oxygen atoms in total.